The Morgan fingerprint density at radius 1 is 1.40 bits per heavy atom. The fourth-order valence-electron chi connectivity index (χ4n) is 2.22. The third-order valence-corrected chi connectivity index (χ3v) is 5.81. The molecule has 1 aliphatic heterocycles. The highest BCUT2D eigenvalue weighted by Crippen LogP contribution is 2.30. The predicted octanol–water partition coefficient (Wildman–Crippen LogP) is 1.83. The van der Waals surface area contributed by atoms with E-state index in [1.807, 2.05) is 0 Å². The Hall–Kier alpha value is -0.980. The summed E-state index contributed by atoms with van der Waals surface area (Å²) in [7, 11) is -3.08. The highest BCUT2D eigenvalue weighted by molar-refractivity contribution is 7.91. The molecule has 0 saturated carbocycles. The Morgan fingerprint density at radius 3 is 2.65 bits per heavy atom. The van der Waals surface area contributed by atoms with Crippen molar-refractivity contribution in [3.63, 3.8) is 0 Å². The molecule has 1 aromatic rings. The van der Waals surface area contributed by atoms with Crippen molar-refractivity contribution < 1.29 is 13.2 Å². The summed E-state index contributed by atoms with van der Waals surface area (Å²) in [6.45, 7) is 1.83. The van der Waals surface area contributed by atoms with Crippen molar-refractivity contribution in [2.24, 2.45) is 0 Å². The summed E-state index contributed by atoms with van der Waals surface area (Å²) in [6.07, 6.45) is 0. The van der Waals surface area contributed by atoms with Gasteiger partial charge in [-0.15, -0.1) is 0 Å². The quantitative estimate of drug-likeness (QED) is 0.793. The van der Waals surface area contributed by atoms with Crippen LogP contribution in [-0.4, -0.2) is 43.3 Å². The lowest BCUT2D eigenvalue weighted by molar-refractivity contribution is 0.0713. The van der Waals surface area contributed by atoms with Crippen molar-refractivity contribution in [2.45, 2.75) is 13.0 Å². The second kappa shape index (κ2) is 5.42. The van der Waals surface area contributed by atoms with Crippen molar-refractivity contribution in [1.82, 2.24) is 4.90 Å². The van der Waals surface area contributed by atoms with Gasteiger partial charge in [0.1, 0.15) is 0 Å². The summed E-state index contributed by atoms with van der Waals surface area (Å²) < 4.78 is 23.1. The van der Waals surface area contributed by atoms with Crippen LogP contribution in [0.15, 0.2) is 12.1 Å². The standard InChI is InChI=1S/C12H14Cl2N2O3S/c1-7-6-20(18,19)3-2-16(7)12(17)9-4-8(15)5-10(13)11(9)14/h4-5,7H,2-3,6,15H2,1H3. The van der Waals surface area contributed by atoms with Crippen LogP contribution in [0.3, 0.4) is 0 Å². The maximum Gasteiger partial charge on any atom is 0.255 e. The number of benzene rings is 1. The molecule has 2 rings (SSSR count). The highest BCUT2D eigenvalue weighted by Gasteiger charge is 2.32. The van der Waals surface area contributed by atoms with Gasteiger partial charge < -0.3 is 10.6 Å². The van der Waals surface area contributed by atoms with Gasteiger partial charge in [-0.1, -0.05) is 23.2 Å². The number of rotatable bonds is 1. The van der Waals surface area contributed by atoms with Crippen molar-refractivity contribution >= 4 is 44.6 Å². The molecule has 0 aromatic heterocycles. The SMILES string of the molecule is CC1CS(=O)(=O)CCN1C(=O)c1cc(N)cc(Cl)c1Cl. The number of nitrogens with zero attached hydrogens (tertiary/aromatic N) is 1. The average Bonchev–Trinajstić information content (AvgIpc) is 2.32. The number of carbonyl (C=O) groups is 1. The van der Waals surface area contributed by atoms with E-state index in [2.05, 4.69) is 0 Å². The predicted molar refractivity (Wildman–Crippen MR) is 80.0 cm³/mol. The van der Waals surface area contributed by atoms with Crippen LogP contribution in [0.4, 0.5) is 5.69 Å². The topological polar surface area (TPSA) is 80.5 Å². The zero-order chi connectivity index (χ0) is 15.1. The number of halogens is 2. The molecule has 1 saturated heterocycles. The van der Waals surface area contributed by atoms with Gasteiger partial charge in [-0.2, -0.15) is 0 Å². The number of hydrogen-bond acceptors (Lipinski definition) is 4. The highest BCUT2D eigenvalue weighted by atomic mass is 35.5. The van der Waals surface area contributed by atoms with E-state index in [0.29, 0.717) is 5.69 Å². The minimum absolute atomic E-state index is 0.0449. The normalized spacial score (nSPS) is 21.8. The lowest BCUT2D eigenvalue weighted by atomic mass is 10.1. The first-order valence-electron chi connectivity index (χ1n) is 5.97. The molecule has 1 aromatic carbocycles. The maximum absolute atomic E-state index is 12.5. The fraction of sp³-hybridized carbons (Fsp3) is 0.417. The van der Waals surface area contributed by atoms with Crippen LogP contribution in [0.25, 0.3) is 0 Å². The van der Waals surface area contributed by atoms with Crippen LogP contribution in [0.5, 0.6) is 0 Å². The number of hydrogen-bond donors (Lipinski definition) is 1. The van der Waals surface area contributed by atoms with Gasteiger partial charge in [-0.05, 0) is 19.1 Å². The molecule has 1 unspecified atom stereocenters. The first kappa shape index (κ1) is 15.4. The average molecular weight is 337 g/mol. The molecule has 0 spiro atoms. The molecular weight excluding hydrogens is 323 g/mol. The summed E-state index contributed by atoms with van der Waals surface area (Å²) in [5.74, 6) is -0.449. The van der Waals surface area contributed by atoms with Gasteiger partial charge in [0.25, 0.3) is 5.91 Å². The largest absolute Gasteiger partial charge is 0.399 e. The van der Waals surface area contributed by atoms with Crippen LogP contribution < -0.4 is 5.73 Å². The summed E-state index contributed by atoms with van der Waals surface area (Å²) in [5.41, 5.74) is 6.19. The van der Waals surface area contributed by atoms with E-state index in [1.165, 1.54) is 17.0 Å². The molecule has 1 atom stereocenters. The Morgan fingerprint density at radius 2 is 2.05 bits per heavy atom. The van der Waals surface area contributed by atoms with E-state index in [0.717, 1.165) is 0 Å². The van der Waals surface area contributed by atoms with Gasteiger partial charge in [0, 0.05) is 18.3 Å². The molecule has 1 fully saturated rings. The second-order valence-corrected chi connectivity index (χ2v) is 7.84. The maximum atomic E-state index is 12.5. The first-order valence-corrected chi connectivity index (χ1v) is 8.55. The minimum Gasteiger partial charge on any atom is -0.399 e. The number of sulfone groups is 1. The van der Waals surface area contributed by atoms with E-state index in [1.54, 1.807) is 6.92 Å². The number of nitrogens with two attached hydrogens (primary N) is 1. The lowest BCUT2D eigenvalue weighted by Crippen LogP contribution is -2.49. The van der Waals surface area contributed by atoms with Crippen LogP contribution in [-0.2, 0) is 9.84 Å². The summed E-state index contributed by atoms with van der Waals surface area (Å²) in [6, 6.07) is 2.51. The molecule has 1 amide bonds. The zero-order valence-corrected chi connectivity index (χ0v) is 13.1. The van der Waals surface area contributed by atoms with Crippen LogP contribution >= 0.6 is 23.2 Å². The summed E-state index contributed by atoms with van der Waals surface area (Å²) in [5, 5.41) is 0.332. The second-order valence-electron chi connectivity index (χ2n) is 4.83. The van der Waals surface area contributed by atoms with Gasteiger partial charge in [0.15, 0.2) is 9.84 Å². The van der Waals surface area contributed by atoms with Crippen molar-refractivity contribution in [3.05, 3.63) is 27.7 Å². The number of anilines is 1. The van der Waals surface area contributed by atoms with E-state index in [-0.39, 0.29) is 39.6 Å². The molecule has 0 bridgehead atoms. The monoisotopic (exact) mass is 336 g/mol. The molecule has 1 heterocycles. The van der Waals surface area contributed by atoms with Gasteiger partial charge in [0.05, 0.1) is 27.1 Å². The molecular formula is C12H14Cl2N2O3S. The van der Waals surface area contributed by atoms with Crippen molar-refractivity contribution in [1.29, 1.82) is 0 Å². The Kier molecular flexibility index (Phi) is 4.18. The molecule has 5 nitrogen and oxygen atoms in total. The van der Waals surface area contributed by atoms with Gasteiger partial charge in [0.2, 0.25) is 0 Å². The number of amides is 1. The molecule has 110 valence electrons. The van der Waals surface area contributed by atoms with Gasteiger partial charge >= 0.3 is 0 Å². The number of nitrogen functional groups attached to an aromatic ring is 1. The molecule has 0 aliphatic carbocycles. The molecule has 2 N–H and O–H groups in total. The van der Waals surface area contributed by atoms with Crippen molar-refractivity contribution in [2.75, 3.05) is 23.8 Å². The Labute approximate surface area is 127 Å². The van der Waals surface area contributed by atoms with Crippen LogP contribution in [0.2, 0.25) is 10.0 Å². The number of carbonyl (C=O) groups excluding carboxylic acids is 1. The minimum atomic E-state index is -3.08. The third kappa shape index (κ3) is 3.02. The Bertz CT molecular complexity index is 661. The zero-order valence-electron chi connectivity index (χ0n) is 10.8. The molecule has 20 heavy (non-hydrogen) atoms. The summed E-state index contributed by atoms with van der Waals surface area (Å²) in [4.78, 5) is 14.0. The van der Waals surface area contributed by atoms with E-state index in [4.69, 9.17) is 28.9 Å². The molecule has 8 heteroatoms. The van der Waals surface area contributed by atoms with Gasteiger partial charge in [-0.25, -0.2) is 8.42 Å². The van der Waals surface area contributed by atoms with Crippen molar-refractivity contribution in [3.8, 4) is 0 Å². The van der Waals surface area contributed by atoms with E-state index in [9.17, 15) is 13.2 Å². The molecule has 0 radical (unpaired) electrons. The smallest absolute Gasteiger partial charge is 0.255 e. The first-order chi connectivity index (χ1) is 9.21. The van der Waals surface area contributed by atoms with Crippen LogP contribution in [0, 0.1) is 0 Å². The van der Waals surface area contributed by atoms with E-state index >= 15 is 0 Å². The van der Waals surface area contributed by atoms with Gasteiger partial charge in [-0.3, -0.25) is 4.79 Å². The van der Waals surface area contributed by atoms with E-state index < -0.39 is 15.9 Å². The molecule has 1 aliphatic rings. The fourth-order valence-corrected chi connectivity index (χ4v) is 4.19. The Balaban J connectivity index is 2.33. The lowest BCUT2D eigenvalue weighted by Gasteiger charge is -2.33. The third-order valence-electron chi connectivity index (χ3n) is 3.21. The van der Waals surface area contributed by atoms with Crippen LogP contribution in [0.1, 0.15) is 17.3 Å². The summed E-state index contributed by atoms with van der Waals surface area (Å²) >= 11 is 11.9.